The number of hydrogen-bond donors (Lipinski definition) is 2. The summed E-state index contributed by atoms with van der Waals surface area (Å²) in [6.45, 7) is 4.36. The summed E-state index contributed by atoms with van der Waals surface area (Å²) in [6, 6.07) is 16.2. The average molecular weight is 349 g/mol. The zero-order valence-electron chi connectivity index (χ0n) is 11.5. The van der Waals surface area contributed by atoms with Crippen molar-refractivity contribution < 1.29 is 0 Å². The van der Waals surface area contributed by atoms with Gasteiger partial charge in [-0.2, -0.15) is 0 Å². The quantitative estimate of drug-likeness (QED) is 0.728. The Hall–Kier alpha value is -1.39. The Bertz CT molecular complexity index is 594. The molecule has 0 heterocycles. The van der Waals surface area contributed by atoms with Gasteiger partial charge in [0, 0.05) is 15.8 Å². The molecule has 0 bridgehead atoms. The van der Waals surface area contributed by atoms with Gasteiger partial charge in [-0.05, 0) is 54.0 Å². The highest BCUT2D eigenvalue weighted by Crippen LogP contribution is 2.18. The normalized spacial score (nSPS) is 10.4. The lowest BCUT2D eigenvalue weighted by Gasteiger charge is -2.12. The third-order valence-corrected chi connectivity index (χ3v) is 3.62. The maximum Gasteiger partial charge on any atom is 0.175 e. The second-order valence-corrected chi connectivity index (χ2v) is 6.19. The molecule has 104 valence electrons. The van der Waals surface area contributed by atoms with E-state index in [0.29, 0.717) is 11.0 Å². The zero-order valence-corrected chi connectivity index (χ0v) is 13.9. The van der Waals surface area contributed by atoms with Crippen molar-refractivity contribution >= 4 is 44.6 Å². The Morgan fingerprint density at radius 1 is 1.00 bits per heavy atom. The molecule has 0 fully saturated rings. The summed E-state index contributed by atoms with van der Waals surface area (Å²) in [5, 5.41) is 6.92. The minimum Gasteiger partial charge on any atom is -0.332 e. The van der Waals surface area contributed by atoms with E-state index in [4.69, 9.17) is 12.2 Å². The molecule has 0 unspecified atom stereocenters. The van der Waals surface area contributed by atoms with Crippen LogP contribution in [0.4, 0.5) is 11.4 Å². The van der Waals surface area contributed by atoms with Gasteiger partial charge >= 0.3 is 0 Å². The van der Waals surface area contributed by atoms with Gasteiger partial charge in [0.1, 0.15) is 0 Å². The first-order valence-electron chi connectivity index (χ1n) is 6.48. The zero-order chi connectivity index (χ0) is 14.5. The van der Waals surface area contributed by atoms with Crippen LogP contribution >= 0.6 is 28.1 Å². The van der Waals surface area contributed by atoms with Crippen LogP contribution in [0.15, 0.2) is 53.0 Å². The van der Waals surface area contributed by atoms with Crippen molar-refractivity contribution in [3.63, 3.8) is 0 Å². The third-order valence-electron chi connectivity index (χ3n) is 2.92. The number of halogens is 1. The summed E-state index contributed by atoms with van der Waals surface area (Å²) in [6.07, 6.45) is 0. The molecule has 2 nitrogen and oxygen atoms in total. The van der Waals surface area contributed by atoms with Gasteiger partial charge in [-0.15, -0.1) is 0 Å². The second kappa shape index (κ2) is 6.86. The fourth-order valence-corrected chi connectivity index (χ4v) is 2.45. The van der Waals surface area contributed by atoms with Crippen LogP contribution in [0.25, 0.3) is 0 Å². The molecular weight excluding hydrogens is 332 g/mol. The molecule has 2 aromatic rings. The first kappa shape index (κ1) is 15.0. The highest BCUT2D eigenvalue weighted by molar-refractivity contribution is 9.10. The van der Waals surface area contributed by atoms with Crippen molar-refractivity contribution in [3.05, 3.63) is 58.6 Å². The van der Waals surface area contributed by atoms with Crippen molar-refractivity contribution in [1.29, 1.82) is 0 Å². The van der Waals surface area contributed by atoms with E-state index in [9.17, 15) is 0 Å². The molecule has 0 aliphatic carbocycles. The van der Waals surface area contributed by atoms with Crippen LogP contribution in [-0.2, 0) is 0 Å². The highest BCUT2D eigenvalue weighted by atomic mass is 79.9. The fourth-order valence-electron chi connectivity index (χ4n) is 1.81. The lowest BCUT2D eigenvalue weighted by molar-refractivity contribution is 0.867. The van der Waals surface area contributed by atoms with Gasteiger partial charge < -0.3 is 10.6 Å². The minimum atomic E-state index is 0.538. The molecule has 0 amide bonds. The lowest BCUT2D eigenvalue weighted by atomic mass is 10.0. The summed E-state index contributed by atoms with van der Waals surface area (Å²) in [5.41, 5.74) is 3.26. The maximum absolute atomic E-state index is 5.31. The van der Waals surface area contributed by atoms with E-state index in [1.807, 2.05) is 36.4 Å². The van der Waals surface area contributed by atoms with E-state index >= 15 is 0 Å². The van der Waals surface area contributed by atoms with Gasteiger partial charge in [0.2, 0.25) is 0 Å². The SMILES string of the molecule is CC(C)c1ccc(NC(=S)Nc2cccc(Br)c2)cc1. The summed E-state index contributed by atoms with van der Waals surface area (Å²) >= 11 is 8.74. The topological polar surface area (TPSA) is 24.1 Å². The van der Waals surface area contributed by atoms with Crippen LogP contribution in [0.3, 0.4) is 0 Å². The van der Waals surface area contributed by atoms with E-state index in [-0.39, 0.29) is 0 Å². The number of anilines is 2. The van der Waals surface area contributed by atoms with Gasteiger partial charge in [-0.3, -0.25) is 0 Å². The molecular formula is C16H17BrN2S. The number of rotatable bonds is 3. The molecule has 0 atom stereocenters. The predicted octanol–water partition coefficient (Wildman–Crippen LogP) is 5.38. The van der Waals surface area contributed by atoms with Gasteiger partial charge in [-0.25, -0.2) is 0 Å². The van der Waals surface area contributed by atoms with Crippen LogP contribution < -0.4 is 10.6 Å². The Balaban J connectivity index is 1.97. The molecule has 0 saturated heterocycles. The summed E-state index contributed by atoms with van der Waals surface area (Å²) in [4.78, 5) is 0. The average Bonchev–Trinajstić information content (AvgIpc) is 2.39. The highest BCUT2D eigenvalue weighted by Gasteiger charge is 2.01. The molecule has 0 aliphatic rings. The number of benzene rings is 2. The fraction of sp³-hybridized carbons (Fsp3) is 0.188. The Morgan fingerprint density at radius 2 is 1.65 bits per heavy atom. The largest absolute Gasteiger partial charge is 0.332 e. The lowest BCUT2D eigenvalue weighted by Crippen LogP contribution is -2.18. The van der Waals surface area contributed by atoms with Gasteiger partial charge in [0.15, 0.2) is 5.11 Å². The van der Waals surface area contributed by atoms with Crippen molar-refractivity contribution in [3.8, 4) is 0 Å². The smallest absolute Gasteiger partial charge is 0.175 e. The van der Waals surface area contributed by atoms with Crippen molar-refractivity contribution in [2.45, 2.75) is 19.8 Å². The maximum atomic E-state index is 5.31. The molecule has 0 aromatic heterocycles. The summed E-state index contributed by atoms with van der Waals surface area (Å²) in [7, 11) is 0. The molecule has 0 saturated carbocycles. The van der Waals surface area contributed by atoms with E-state index < -0.39 is 0 Å². The molecule has 2 aromatic carbocycles. The van der Waals surface area contributed by atoms with Gasteiger partial charge in [0.25, 0.3) is 0 Å². The standard InChI is InChI=1S/C16H17BrN2S/c1-11(2)12-6-8-14(9-7-12)18-16(20)19-15-5-3-4-13(17)10-15/h3-11H,1-2H3,(H2,18,19,20). The Morgan fingerprint density at radius 3 is 2.25 bits per heavy atom. The van der Waals surface area contributed by atoms with E-state index in [1.54, 1.807) is 0 Å². The molecule has 0 spiro atoms. The van der Waals surface area contributed by atoms with Crippen LogP contribution in [0, 0.1) is 0 Å². The van der Waals surface area contributed by atoms with Crippen molar-refractivity contribution in [1.82, 2.24) is 0 Å². The first-order valence-corrected chi connectivity index (χ1v) is 7.68. The predicted molar refractivity (Wildman–Crippen MR) is 94.5 cm³/mol. The Labute approximate surface area is 133 Å². The van der Waals surface area contributed by atoms with E-state index in [0.717, 1.165) is 15.8 Å². The first-order chi connectivity index (χ1) is 9.54. The molecule has 0 radical (unpaired) electrons. The molecule has 2 rings (SSSR count). The van der Waals surface area contributed by atoms with Gasteiger partial charge in [-0.1, -0.05) is 48.0 Å². The molecule has 4 heteroatoms. The van der Waals surface area contributed by atoms with Gasteiger partial charge in [0.05, 0.1) is 0 Å². The van der Waals surface area contributed by atoms with Crippen molar-refractivity contribution in [2.24, 2.45) is 0 Å². The monoisotopic (exact) mass is 348 g/mol. The van der Waals surface area contributed by atoms with Crippen LogP contribution in [-0.4, -0.2) is 5.11 Å². The Kier molecular flexibility index (Phi) is 5.15. The molecule has 2 N–H and O–H groups in total. The van der Waals surface area contributed by atoms with Crippen molar-refractivity contribution in [2.75, 3.05) is 10.6 Å². The summed E-state index contributed by atoms with van der Waals surface area (Å²) < 4.78 is 1.02. The van der Waals surface area contributed by atoms with Crippen LogP contribution in [0.2, 0.25) is 0 Å². The van der Waals surface area contributed by atoms with Crippen LogP contribution in [0.5, 0.6) is 0 Å². The van der Waals surface area contributed by atoms with Crippen LogP contribution in [0.1, 0.15) is 25.3 Å². The number of thiocarbonyl (C=S) groups is 1. The third kappa shape index (κ3) is 4.32. The number of hydrogen-bond acceptors (Lipinski definition) is 1. The van der Waals surface area contributed by atoms with E-state index in [1.165, 1.54) is 5.56 Å². The molecule has 20 heavy (non-hydrogen) atoms. The second-order valence-electron chi connectivity index (χ2n) is 4.87. The molecule has 0 aliphatic heterocycles. The van der Waals surface area contributed by atoms with E-state index in [2.05, 4.69) is 52.5 Å². The minimum absolute atomic E-state index is 0.538. The summed E-state index contributed by atoms with van der Waals surface area (Å²) in [5.74, 6) is 0.538. The number of nitrogens with one attached hydrogen (secondary N) is 2.